The van der Waals surface area contributed by atoms with Crippen LogP contribution in [-0.2, 0) is 11.2 Å². The molecule has 0 spiro atoms. The maximum atomic E-state index is 12.9. The Hall–Kier alpha value is -3.13. The Morgan fingerprint density at radius 3 is 2.47 bits per heavy atom. The van der Waals surface area contributed by atoms with Crippen molar-refractivity contribution in [3.63, 3.8) is 0 Å². The minimum absolute atomic E-state index is 0.0316. The van der Waals surface area contributed by atoms with Crippen molar-refractivity contribution in [1.29, 1.82) is 0 Å². The number of hydrogen-bond acceptors (Lipinski definition) is 6. The summed E-state index contributed by atoms with van der Waals surface area (Å²) in [4.78, 5) is 33.7. The summed E-state index contributed by atoms with van der Waals surface area (Å²) in [6.07, 6.45) is 3.72. The lowest BCUT2D eigenvalue weighted by Crippen LogP contribution is -2.31. The van der Waals surface area contributed by atoms with Gasteiger partial charge in [0.2, 0.25) is 5.91 Å². The van der Waals surface area contributed by atoms with E-state index >= 15 is 0 Å². The smallest absolute Gasteiger partial charge is 0.260 e. The van der Waals surface area contributed by atoms with Gasteiger partial charge in [0.15, 0.2) is 11.6 Å². The van der Waals surface area contributed by atoms with Gasteiger partial charge in [0.05, 0.1) is 23.9 Å². The third-order valence-electron chi connectivity index (χ3n) is 4.24. The van der Waals surface area contributed by atoms with E-state index in [0.29, 0.717) is 40.0 Å². The van der Waals surface area contributed by atoms with E-state index in [1.165, 1.54) is 11.8 Å². The Morgan fingerprint density at radius 2 is 1.87 bits per heavy atom. The summed E-state index contributed by atoms with van der Waals surface area (Å²) in [5.74, 6) is 0.684. The monoisotopic (exact) mass is 424 g/mol. The predicted molar refractivity (Wildman–Crippen MR) is 118 cm³/mol. The molecule has 0 aliphatic heterocycles. The summed E-state index contributed by atoms with van der Waals surface area (Å²) in [5, 5.41) is 6.32. The van der Waals surface area contributed by atoms with Crippen molar-refractivity contribution in [2.45, 2.75) is 38.3 Å². The van der Waals surface area contributed by atoms with Gasteiger partial charge in [0.25, 0.3) is 5.91 Å². The van der Waals surface area contributed by atoms with Gasteiger partial charge in [-0.25, -0.2) is 9.97 Å². The second-order valence-electron chi connectivity index (χ2n) is 7.04. The minimum Gasteiger partial charge on any atom is -0.461 e. The number of aryl methyl sites for hydroxylation is 1. The van der Waals surface area contributed by atoms with Crippen LogP contribution in [-0.4, -0.2) is 34.1 Å². The van der Waals surface area contributed by atoms with E-state index in [-0.39, 0.29) is 17.9 Å². The quantitative estimate of drug-likeness (QED) is 0.438. The summed E-state index contributed by atoms with van der Waals surface area (Å²) in [7, 11) is 0. The molecule has 0 bridgehead atoms. The zero-order valence-corrected chi connectivity index (χ0v) is 18.2. The molecule has 0 aliphatic carbocycles. The molecule has 0 atom stereocenters. The molecule has 2 N–H and O–H groups in total. The number of aromatic nitrogens is 2. The van der Waals surface area contributed by atoms with Crippen molar-refractivity contribution < 1.29 is 14.0 Å². The molecule has 2 aromatic heterocycles. The van der Waals surface area contributed by atoms with Crippen LogP contribution in [0, 0.1) is 6.92 Å². The first-order valence-corrected chi connectivity index (χ1v) is 10.8. The molecule has 30 heavy (non-hydrogen) atoms. The number of nitrogens with zero attached hydrogens (tertiary/aromatic N) is 2. The van der Waals surface area contributed by atoms with Crippen LogP contribution in [0.5, 0.6) is 0 Å². The molecule has 2 heterocycles. The molecule has 2 amide bonds. The number of anilines is 1. The van der Waals surface area contributed by atoms with Gasteiger partial charge in [-0.2, -0.15) is 0 Å². The first-order valence-electron chi connectivity index (χ1n) is 9.53. The van der Waals surface area contributed by atoms with Crippen molar-refractivity contribution in [2.24, 2.45) is 0 Å². The Labute approximate surface area is 179 Å². The van der Waals surface area contributed by atoms with E-state index in [2.05, 4.69) is 20.6 Å². The first kappa shape index (κ1) is 21.6. The summed E-state index contributed by atoms with van der Waals surface area (Å²) in [6, 6.07) is 10.9. The number of amides is 2. The second-order valence-corrected chi connectivity index (χ2v) is 7.84. The van der Waals surface area contributed by atoms with Crippen molar-refractivity contribution in [1.82, 2.24) is 15.3 Å². The Morgan fingerprint density at radius 1 is 1.13 bits per heavy atom. The molecule has 0 unspecified atom stereocenters. The molecule has 0 radical (unpaired) electrons. The SMILES string of the molecule is CSc1nc(-c2ccco2)nc(C)c1C(=O)Nc1ccc(CC(=O)NC(C)C)cc1. The topological polar surface area (TPSA) is 97.1 Å². The van der Waals surface area contributed by atoms with Gasteiger partial charge >= 0.3 is 0 Å². The summed E-state index contributed by atoms with van der Waals surface area (Å²) in [6.45, 7) is 5.62. The van der Waals surface area contributed by atoms with Crippen molar-refractivity contribution in [3.8, 4) is 11.6 Å². The van der Waals surface area contributed by atoms with Gasteiger partial charge in [-0.05, 0) is 56.9 Å². The van der Waals surface area contributed by atoms with Crippen LogP contribution in [0.3, 0.4) is 0 Å². The van der Waals surface area contributed by atoms with Crippen LogP contribution in [0.25, 0.3) is 11.6 Å². The van der Waals surface area contributed by atoms with Gasteiger partial charge < -0.3 is 15.1 Å². The molecule has 0 saturated heterocycles. The van der Waals surface area contributed by atoms with E-state index in [9.17, 15) is 9.59 Å². The highest BCUT2D eigenvalue weighted by Crippen LogP contribution is 2.26. The zero-order chi connectivity index (χ0) is 21.7. The fourth-order valence-electron chi connectivity index (χ4n) is 2.93. The summed E-state index contributed by atoms with van der Waals surface area (Å²) in [5.41, 5.74) is 2.51. The number of hydrogen-bond donors (Lipinski definition) is 2. The standard InChI is InChI=1S/C22H24N4O3S/c1-13(2)23-18(27)12-15-7-9-16(10-8-15)25-21(28)19-14(3)24-20(26-22(19)30-4)17-6-5-11-29-17/h5-11,13H,12H2,1-4H3,(H,23,27)(H,25,28). The summed E-state index contributed by atoms with van der Waals surface area (Å²) < 4.78 is 5.37. The maximum absolute atomic E-state index is 12.9. The second kappa shape index (κ2) is 9.58. The Kier molecular flexibility index (Phi) is 6.89. The highest BCUT2D eigenvalue weighted by molar-refractivity contribution is 7.98. The molecule has 1 aromatic carbocycles. The number of carbonyl (C=O) groups excluding carboxylic acids is 2. The minimum atomic E-state index is -0.284. The highest BCUT2D eigenvalue weighted by Gasteiger charge is 2.20. The van der Waals surface area contributed by atoms with Gasteiger partial charge in [0.1, 0.15) is 5.03 Å². The lowest BCUT2D eigenvalue weighted by molar-refractivity contribution is -0.120. The average molecular weight is 425 g/mol. The lowest BCUT2D eigenvalue weighted by Gasteiger charge is -2.12. The van der Waals surface area contributed by atoms with E-state index in [4.69, 9.17) is 4.42 Å². The maximum Gasteiger partial charge on any atom is 0.260 e. The van der Waals surface area contributed by atoms with E-state index < -0.39 is 0 Å². The van der Waals surface area contributed by atoms with Crippen LogP contribution < -0.4 is 10.6 Å². The average Bonchev–Trinajstić information content (AvgIpc) is 3.23. The van der Waals surface area contributed by atoms with Gasteiger partial charge in [-0.3, -0.25) is 9.59 Å². The molecule has 156 valence electrons. The number of thioether (sulfide) groups is 1. The molecular weight excluding hydrogens is 400 g/mol. The molecule has 0 fully saturated rings. The third kappa shape index (κ3) is 5.27. The van der Waals surface area contributed by atoms with Gasteiger partial charge in [-0.1, -0.05) is 12.1 Å². The Bertz CT molecular complexity index is 1030. The molecular formula is C22H24N4O3S. The predicted octanol–water partition coefficient (Wildman–Crippen LogP) is 4.09. The zero-order valence-electron chi connectivity index (χ0n) is 17.4. The fourth-order valence-corrected chi connectivity index (χ4v) is 3.55. The molecule has 3 aromatic rings. The van der Waals surface area contributed by atoms with Crippen molar-refractivity contribution in [3.05, 3.63) is 59.5 Å². The number of benzene rings is 1. The lowest BCUT2D eigenvalue weighted by atomic mass is 10.1. The van der Waals surface area contributed by atoms with E-state index in [0.717, 1.165) is 5.56 Å². The molecule has 3 rings (SSSR count). The van der Waals surface area contributed by atoms with E-state index in [1.54, 1.807) is 37.5 Å². The molecule has 0 aliphatic rings. The van der Waals surface area contributed by atoms with Crippen molar-refractivity contribution in [2.75, 3.05) is 11.6 Å². The molecule has 8 heteroatoms. The number of rotatable bonds is 7. The third-order valence-corrected chi connectivity index (χ3v) is 4.93. The number of nitrogens with one attached hydrogen (secondary N) is 2. The number of carbonyl (C=O) groups is 2. The van der Waals surface area contributed by atoms with Gasteiger partial charge in [-0.15, -0.1) is 11.8 Å². The molecule has 0 saturated carbocycles. The molecule has 7 nitrogen and oxygen atoms in total. The van der Waals surface area contributed by atoms with Gasteiger partial charge in [0, 0.05) is 11.7 Å². The highest BCUT2D eigenvalue weighted by atomic mass is 32.2. The van der Waals surface area contributed by atoms with E-state index in [1.807, 2.05) is 32.2 Å². The number of furan rings is 1. The van der Waals surface area contributed by atoms with Crippen LogP contribution in [0.1, 0.15) is 35.5 Å². The van der Waals surface area contributed by atoms with Crippen LogP contribution in [0.2, 0.25) is 0 Å². The van der Waals surface area contributed by atoms with Crippen molar-refractivity contribution >= 4 is 29.3 Å². The first-order chi connectivity index (χ1) is 14.4. The Balaban J connectivity index is 1.75. The fraction of sp³-hybridized carbons (Fsp3) is 0.273. The summed E-state index contributed by atoms with van der Waals surface area (Å²) >= 11 is 1.38. The normalized spacial score (nSPS) is 10.8. The van der Waals surface area contributed by atoms with Crippen LogP contribution in [0.15, 0.2) is 52.1 Å². The largest absolute Gasteiger partial charge is 0.461 e. The van der Waals surface area contributed by atoms with Crippen LogP contribution in [0.4, 0.5) is 5.69 Å². The van der Waals surface area contributed by atoms with Crippen LogP contribution >= 0.6 is 11.8 Å².